The Balaban J connectivity index is 2.04. The van der Waals surface area contributed by atoms with Crippen LogP contribution in [0.3, 0.4) is 0 Å². The molecule has 0 radical (unpaired) electrons. The zero-order valence-electron chi connectivity index (χ0n) is 16.2. The second kappa shape index (κ2) is 6.88. The second-order valence-electron chi connectivity index (χ2n) is 8.23. The van der Waals surface area contributed by atoms with Gasteiger partial charge in [0.1, 0.15) is 17.7 Å². The number of rotatable bonds is 4. The van der Waals surface area contributed by atoms with Crippen molar-refractivity contribution in [3.05, 3.63) is 41.5 Å². The Morgan fingerprint density at radius 3 is 2.62 bits per heavy atom. The molecule has 2 atom stereocenters. The third-order valence-corrected chi connectivity index (χ3v) is 4.48. The second-order valence-corrected chi connectivity index (χ2v) is 8.23. The highest BCUT2D eigenvalue weighted by atomic mass is 16.6. The normalized spacial score (nSPS) is 22.7. The number of benzene rings is 1. The smallest absolute Gasteiger partial charge is 0.234 e. The summed E-state index contributed by atoms with van der Waals surface area (Å²) in [6, 6.07) is 5.72. The maximum Gasteiger partial charge on any atom is 0.234 e. The van der Waals surface area contributed by atoms with E-state index in [1.807, 2.05) is 65.0 Å². The molecule has 1 N–H and O–H groups in total. The van der Waals surface area contributed by atoms with Crippen LogP contribution in [0.5, 0.6) is 5.75 Å². The minimum Gasteiger partial charge on any atom is -0.491 e. The fourth-order valence-corrected chi connectivity index (χ4v) is 3.11. The highest BCUT2D eigenvalue weighted by molar-refractivity contribution is 6.00. The van der Waals surface area contributed by atoms with Crippen molar-refractivity contribution in [2.75, 3.05) is 6.61 Å². The fraction of sp³-hybridized carbons (Fsp3) is 0.524. The minimum atomic E-state index is -0.559. The van der Waals surface area contributed by atoms with Crippen LogP contribution in [0, 0.1) is 10.8 Å². The SMILES string of the molecule is CC(C)Oc1cc(C2CO2)ccc1C1C=CCC(=N)N1C(=O)C(C)(C)C. The number of carbonyl (C=O) groups excluding carboxylic acids is 1. The van der Waals surface area contributed by atoms with E-state index >= 15 is 0 Å². The molecule has 3 rings (SSSR count). The number of ether oxygens (including phenoxy) is 2. The molecule has 2 heterocycles. The molecule has 1 saturated heterocycles. The molecular weight excluding hydrogens is 328 g/mol. The highest BCUT2D eigenvalue weighted by Crippen LogP contribution is 2.40. The van der Waals surface area contributed by atoms with Crippen LogP contribution in [0.1, 0.15) is 64.3 Å². The molecule has 140 valence electrons. The van der Waals surface area contributed by atoms with Crippen LogP contribution in [0.15, 0.2) is 30.4 Å². The minimum absolute atomic E-state index is 0.0166. The molecule has 5 nitrogen and oxygen atoms in total. The number of carbonyl (C=O) groups is 1. The first-order valence-corrected chi connectivity index (χ1v) is 9.18. The summed E-state index contributed by atoms with van der Waals surface area (Å²) in [6.07, 6.45) is 4.58. The average Bonchev–Trinajstić information content (AvgIpc) is 3.37. The van der Waals surface area contributed by atoms with E-state index in [2.05, 4.69) is 0 Å². The Bertz CT molecular complexity index is 742. The molecule has 0 aromatic heterocycles. The van der Waals surface area contributed by atoms with Gasteiger partial charge in [-0.25, -0.2) is 0 Å². The lowest BCUT2D eigenvalue weighted by molar-refractivity contribution is -0.136. The number of hydrogen-bond donors (Lipinski definition) is 1. The molecule has 5 heteroatoms. The first-order valence-electron chi connectivity index (χ1n) is 9.18. The van der Waals surface area contributed by atoms with Crippen LogP contribution in [0.25, 0.3) is 0 Å². The van der Waals surface area contributed by atoms with Crippen molar-refractivity contribution in [2.45, 2.75) is 59.3 Å². The number of amides is 1. The van der Waals surface area contributed by atoms with Crippen molar-refractivity contribution in [1.82, 2.24) is 4.90 Å². The maximum absolute atomic E-state index is 13.0. The molecule has 1 aromatic carbocycles. The maximum atomic E-state index is 13.0. The molecule has 1 amide bonds. The molecule has 2 unspecified atom stereocenters. The Morgan fingerprint density at radius 2 is 2.04 bits per heavy atom. The van der Waals surface area contributed by atoms with E-state index in [0.717, 1.165) is 23.5 Å². The molecule has 1 fully saturated rings. The summed E-state index contributed by atoms with van der Waals surface area (Å²) < 4.78 is 11.5. The van der Waals surface area contributed by atoms with Gasteiger partial charge in [-0.2, -0.15) is 0 Å². The van der Waals surface area contributed by atoms with E-state index in [0.29, 0.717) is 12.3 Å². The third-order valence-electron chi connectivity index (χ3n) is 4.48. The Morgan fingerprint density at radius 1 is 1.35 bits per heavy atom. The number of nitrogens with zero attached hydrogens (tertiary/aromatic N) is 1. The summed E-state index contributed by atoms with van der Waals surface area (Å²) in [6.45, 7) is 10.4. The number of amidine groups is 1. The monoisotopic (exact) mass is 356 g/mol. The van der Waals surface area contributed by atoms with Gasteiger partial charge >= 0.3 is 0 Å². The summed E-state index contributed by atoms with van der Waals surface area (Å²) >= 11 is 0. The van der Waals surface area contributed by atoms with E-state index < -0.39 is 5.41 Å². The molecule has 0 aliphatic carbocycles. The van der Waals surface area contributed by atoms with E-state index in [1.54, 1.807) is 4.90 Å². The van der Waals surface area contributed by atoms with Gasteiger partial charge in [0.15, 0.2) is 0 Å². The van der Waals surface area contributed by atoms with Crippen LogP contribution < -0.4 is 4.74 Å². The lowest BCUT2D eigenvalue weighted by Crippen LogP contribution is -2.46. The summed E-state index contributed by atoms with van der Waals surface area (Å²) in [5.74, 6) is 1.02. The topological polar surface area (TPSA) is 65.9 Å². The third kappa shape index (κ3) is 3.83. The van der Waals surface area contributed by atoms with E-state index in [-0.39, 0.29) is 24.2 Å². The van der Waals surface area contributed by atoms with E-state index in [4.69, 9.17) is 14.9 Å². The van der Waals surface area contributed by atoms with Gasteiger partial charge in [0.25, 0.3) is 0 Å². The molecule has 26 heavy (non-hydrogen) atoms. The van der Waals surface area contributed by atoms with Gasteiger partial charge in [0, 0.05) is 17.4 Å². The van der Waals surface area contributed by atoms with Crippen molar-refractivity contribution in [3.8, 4) is 5.75 Å². The molecular formula is C21H28N2O3. The fourth-order valence-electron chi connectivity index (χ4n) is 3.11. The predicted molar refractivity (Wildman–Crippen MR) is 101 cm³/mol. The van der Waals surface area contributed by atoms with Crippen LogP contribution in [0.4, 0.5) is 0 Å². The van der Waals surface area contributed by atoms with Gasteiger partial charge in [-0.15, -0.1) is 0 Å². The summed E-state index contributed by atoms with van der Waals surface area (Å²) in [5.41, 5.74) is 1.44. The highest BCUT2D eigenvalue weighted by Gasteiger charge is 2.37. The van der Waals surface area contributed by atoms with Crippen LogP contribution >= 0.6 is 0 Å². The molecule has 1 aromatic rings. The van der Waals surface area contributed by atoms with Crippen molar-refractivity contribution in [2.24, 2.45) is 5.41 Å². The first kappa shape index (κ1) is 18.6. The van der Waals surface area contributed by atoms with Crippen LogP contribution in [-0.2, 0) is 9.53 Å². The standard InChI is InChI=1S/C21H28N2O3/c1-13(2)26-17-11-14(18-12-25-18)9-10-15(17)16-7-6-8-19(22)23(16)20(24)21(3,4)5/h6-7,9-11,13,16,18,22H,8,12H2,1-5H3. The van der Waals surface area contributed by atoms with E-state index in [9.17, 15) is 4.79 Å². The van der Waals surface area contributed by atoms with Gasteiger partial charge in [-0.05, 0) is 25.5 Å². The average molecular weight is 356 g/mol. The molecule has 2 aliphatic rings. The lowest BCUT2D eigenvalue weighted by atomic mass is 9.90. The Labute approximate surface area is 155 Å². The zero-order chi connectivity index (χ0) is 19.1. The molecule has 0 spiro atoms. The Hall–Kier alpha value is -2.14. The number of epoxide rings is 1. The van der Waals surface area contributed by atoms with Gasteiger partial charge in [0.2, 0.25) is 5.91 Å². The predicted octanol–water partition coefficient (Wildman–Crippen LogP) is 4.40. The largest absolute Gasteiger partial charge is 0.491 e. The van der Waals surface area contributed by atoms with Gasteiger partial charge < -0.3 is 9.47 Å². The lowest BCUT2D eigenvalue weighted by Gasteiger charge is -2.37. The molecule has 0 bridgehead atoms. The van der Waals surface area contributed by atoms with Crippen molar-refractivity contribution >= 4 is 11.7 Å². The van der Waals surface area contributed by atoms with Crippen LogP contribution in [-0.4, -0.2) is 29.4 Å². The van der Waals surface area contributed by atoms with Crippen LogP contribution in [0.2, 0.25) is 0 Å². The Kier molecular flexibility index (Phi) is 4.93. The molecule has 2 aliphatic heterocycles. The number of nitrogens with one attached hydrogen (secondary N) is 1. The van der Waals surface area contributed by atoms with Gasteiger partial charge in [0.05, 0.1) is 18.8 Å². The van der Waals surface area contributed by atoms with Crippen molar-refractivity contribution in [1.29, 1.82) is 5.41 Å². The van der Waals surface area contributed by atoms with Gasteiger partial charge in [-0.1, -0.05) is 45.1 Å². The summed E-state index contributed by atoms with van der Waals surface area (Å²) in [7, 11) is 0. The summed E-state index contributed by atoms with van der Waals surface area (Å²) in [4.78, 5) is 14.6. The van der Waals surface area contributed by atoms with Crippen molar-refractivity contribution < 1.29 is 14.3 Å². The molecule has 0 saturated carbocycles. The number of hydrogen-bond acceptors (Lipinski definition) is 4. The zero-order valence-corrected chi connectivity index (χ0v) is 16.2. The van der Waals surface area contributed by atoms with E-state index in [1.165, 1.54) is 0 Å². The van der Waals surface area contributed by atoms with Crippen molar-refractivity contribution in [3.63, 3.8) is 0 Å². The first-order chi connectivity index (χ1) is 12.2. The quantitative estimate of drug-likeness (QED) is 0.642. The van der Waals surface area contributed by atoms with Gasteiger partial charge in [-0.3, -0.25) is 15.1 Å². The summed E-state index contributed by atoms with van der Waals surface area (Å²) in [5, 5.41) is 8.36.